The van der Waals surface area contributed by atoms with E-state index in [2.05, 4.69) is 38.3 Å². The van der Waals surface area contributed by atoms with Crippen molar-refractivity contribution in [3.8, 4) is 0 Å². The summed E-state index contributed by atoms with van der Waals surface area (Å²) in [4.78, 5) is 22.0. The number of carbonyl (C=O) groups is 2. The van der Waals surface area contributed by atoms with E-state index in [0.717, 1.165) is 0 Å². The maximum atomic E-state index is 11.4. The quantitative estimate of drug-likeness (QED) is 0.665. The highest BCUT2D eigenvalue weighted by atomic mass is 16.4. The summed E-state index contributed by atoms with van der Waals surface area (Å²) in [5.41, 5.74) is 0. The zero-order chi connectivity index (χ0) is 13.6. The summed E-state index contributed by atoms with van der Waals surface area (Å²) in [6.07, 6.45) is 0. The van der Waals surface area contributed by atoms with Crippen molar-refractivity contribution in [3.63, 3.8) is 0 Å². The first kappa shape index (κ1) is 15.7. The third kappa shape index (κ3) is 6.14. The van der Waals surface area contributed by atoms with Gasteiger partial charge in [0.2, 0.25) is 0 Å². The molecule has 1 atom stereocenters. The molecule has 0 bridgehead atoms. The highest BCUT2D eigenvalue weighted by molar-refractivity contribution is 5.82. The van der Waals surface area contributed by atoms with E-state index in [1.54, 1.807) is 0 Å². The van der Waals surface area contributed by atoms with Crippen LogP contribution < -0.4 is 10.6 Å². The second-order valence-electron chi connectivity index (χ2n) is 5.07. The molecule has 0 fully saturated rings. The van der Waals surface area contributed by atoms with Crippen molar-refractivity contribution in [1.82, 2.24) is 10.6 Å². The largest absolute Gasteiger partial charge is 0.480 e. The molecule has 5 heteroatoms. The molecule has 0 heterocycles. The third-order valence-electron chi connectivity index (χ3n) is 2.93. The number of carboxylic acids is 1. The molecule has 17 heavy (non-hydrogen) atoms. The van der Waals surface area contributed by atoms with E-state index in [1.807, 2.05) is 0 Å². The van der Waals surface area contributed by atoms with Crippen molar-refractivity contribution in [3.05, 3.63) is 0 Å². The van der Waals surface area contributed by atoms with E-state index in [4.69, 9.17) is 5.11 Å². The molecule has 0 saturated heterocycles. The molecule has 0 aromatic carbocycles. The molecule has 0 aliphatic heterocycles. The van der Waals surface area contributed by atoms with Gasteiger partial charge >= 0.3 is 12.0 Å². The predicted octanol–water partition coefficient (Wildman–Crippen LogP) is 1.69. The molecule has 5 nitrogen and oxygen atoms in total. The fourth-order valence-corrected chi connectivity index (χ4v) is 1.76. The first-order valence-electron chi connectivity index (χ1n) is 6.02. The van der Waals surface area contributed by atoms with Gasteiger partial charge in [0.25, 0.3) is 0 Å². The van der Waals surface area contributed by atoms with Gasteiger partial charge in [0.1, 0.15) is 6.04 Å². The molecule has 0 aromatic rings. The Kier molecular flexibility index (Phi) is 6.61. The van der Waals surface area contributed by atoms with Crippen LogP contribution in [0.15, 0.2) is 0 Å². The van der Waals surface area contributed by atoms with Gasteiger partial charge in [-0.25, -0.2) is 4.79 Å². The molecule has 3 N–H and O–H groups in total. The van der Waals surface area contributed by atoms with Crippen LogP contribution in [0.2, 0.25) is 0 Å². The minimum Gasteiger partial charge on any atom is -0.480 e. The third-order valence-corrected chi connectivity index (χ3v) is 2.93. The Morgan fingerprint density at radius 2 is 1.53 bits per heavy atom. The lowest BCUT2D eigenvalue weighted by molar-refractivity contribution is -0.138. The van der Waals surface area contributed by atoms with Crippen molar-refractivity contribution in [2.75, 3.05) is 6.54 Å². The molecular formula is C12H24N2O3. The summed E-state index contributed by atoms with van der Waals surface area (Å²) in [7, 11) is 0. The summed E-state index contributed by atoms with van der Waals surface area (Å²) in [5.74, 6) is 0.310. The summed E-state index contributed by atoms with van der Waals surface area (Å²) >= 11 is 0. The normalized spacial score (nSPS) is 12.9. The van der Waals surface area contributed by atoms with Crippen molar-refractivity contribution >= 4 is 12.0 Å². The van der Waals surface area contributed by atoms with Crippen LogP contribution in [0, 0.1) is 17.8 Å². The fourth-order valence-electron chi connectivity index (χ4n) is 1.76. The topological polar surface area (TPSA) is 78.4 Å². The van der Waals surface area contributed by atoms with Crippen molar-refractivity contribution in [2.45, 2.75) is 40.7 Å². The van der Waals surface area contributed by atoms with Crippen LogP contribution in [0.1, 0.15) is 34.6 Å². The van der Waals surface area contributed by atoms with E-state index in [0.29, 0.717) is 24.3 Å². The molecule has 0 rings (SSSR count). The van der Waals surface area contributed by atoms with Crippen molar-refractivity contribution < 1.29 is 14.7 Å². The number of carbonyl (C=O) groups excluding carboxylic acids is 1. The molecule has 0 saturated carbocycles. The number of urea groups is 1. The Bertz CT molecular complexity index is 256. The second-order valence-corrected chi connectivity index (χ2v) is 5.07. The van der Waals surface area contributed by atoms with Crippen LogP contribution in [0.5, 0.6) is 0 Å². The molecule has 0 aliphatic carbocycles. The minimum atomic E-state index is -1.04. The Morgan fingerprint density at radius 3 is 1.88 bits per heavy atom. The average molecular weight is 244 g/mol. The molecule has 0 aliphatic rings. The number of aliphatic carboxylic acids is 1. The number of rotatable bonds is 6. The summed E-state index contributed by atoms with van der Waals surface area (Å²) in [6.45, 7) is 10.5. The Morgan fingerprint density at radius 1 is 1.06 bits per heavy atom. The van der Waals surface area contributed by atoms with Crippen LogP contribution in [0.4, 0.5) is 4.79 Å². The SMILES string of the molecule is CC(C)C(CNC(=O)N[C@H](C)C(=O)O)C(C)C. The van der Waals surface area contributed by atoms with Crippen LogP contribution in [-0.2, 0) is 4.79 Å². The van der Waals surface area contributed by atoms with Crippen LogP contribution in [0.25, 0.3) is 0 Å². The lowest BCUT2D eigenvalue weighted by Gasteiger charge is -2.25. The Hall–Kier alpha value is -1.26. The maximum absolute atomic E-state index is 11.4. The Balaban J connectivity index is 4.09. The van der Waals surface area contributed by atoms with Gasteiger partial charge in [-0.15, -0.1) is 0 Å². The first-order chi connectivity index (χ1) is 7.75. The van der Waals surface area contributed by atoms with E-state index >= 15 is 0 Å². The lowest BCUT2D eigenvalue weighted by atomic mass is 9.85. The van der Waals surface area contributed by atoms with E-state index in [1.165, 1.54) is 6.92 Å². The minimum absolute atomic E-state index is 0.390. The number of hydrogen-bond donors (Lipinski definition) is 3. The van der Waals surface area contributed by atoms with Gasteiger partial charge in [-0.05, 0) is 24.7 Å². The average Bonchev–Trinajstić information content (AvgIpc) is 2.16. The molecular weight excluding hydrogens is 220 g/mol. The van der Waals surface area contributed by atoms with E-state index in [9.17, 15) is 9.59 Å². The Labute approximate surface area is 103 Å². The van der Waals surface area contributed by atoms with Gasteiger partial charge in [0.05, 0.1) is 0 Å². The molecule has 0 radical (unpaired) electrons. The monoisotopic (exact) mass is 244 g/mol. The molecule has 0 aromatic heterocycles. The summed E-state index contributed by atoms with van der Waals surface area (Å²) < 4.78 is 0. The molecule has 0 unspecified atom stereocenters. The maximum Gasteiger partial charge on any atom is 0.325 e. The number of nitrogens with one attached hydrogen (secondary N) is 2. The number of hydrogen-bond acceptors (Lipinski definition) is 2. The van der Waals surface area contributed by atoms with Crippen LogP contribution >= 0.6 is 0 Å². The molecule has 100 valence electrons. The standard InChI is InChI=1S/C12H24N2O3/c1-7(2)10(8(3)4)6-13-12(17)14-9(5)11(15)16/h7-10H,6H2,1-5H3,(H,15,16)(H2,13,14,17)/t9-/m1/s1. The van der Waals surface area contributed by atoms with Gasteiger partial charge in [-0.2, -0.15) is 0 Å². The second kappa shape index (κ2) is 7.14. The van der Waals surface area contributed by atoms with Crippen molar-refractivity contribution in [2.24, 2.45) is 17.8 Å². The number of carboxylic acid groups (broad SMARTS) is 1. The highest BCUT2D eigenvalue weighted by Gasteiger charge is 2.19. The highest BCUT2D eigenvalue weighted by Crippen LogP contribution is 2.19. The molecule has 2 amide bonds. The van der Waals surface area contributed by atoms with E-state index < -0.39 is 18.0 Å². The van der Waals surface area contributed by atoms with Gasteiger partial charge in [0.15, 0.2) is 0 Å². The molecule has 0 spiro atoms. The van der Waals surface area contributed by atoms with Crippen LogP contribution in [-0.4, -0.2) is 29.7 Å². The van der Waals surface area contributed by atoms with Gasteiger partial charge in [-0.1, -0.05) is 27.7 Å². The van der Waals surface area contributed by atoms with E-state index in [-0.39, 0.29) is 0 Å². The predicted molar refractivity (Wildman–Crippen MR) is 66.8 cm³/mol. The zero-order valence-corrected chi connectivity index (χ0v) is 11.3. The van der Waals surface area contributed by atoms with Gasteiger partial charge in [0, 0.05) is 6.54 Å². The fraction of sp³-hybridized carbons (Fsp3) is 0.833. The summed E-state index contributed by atoms with van der Waals surface area (Å²) in [6, 6.07) is -1.29. The van der Waals surface area contributed by atoms with Gasteiger partial charge in [-0.3, -0.25) is 4.79 Å². The number of amides is 2. The van der Waals surface area contributed by atoms with Gasteiger partial charge < -0.3 is 15.7 Å². The van der Waals surface area contributed by atoms with Crippen LogP contribution in [0.3, 0.4) is 0 Å². The van der Waals surface area contributed by atoms with Crippen molar-refractivity contribution in [1.29, 1.82) is 0 Å². The smallest absolute Gasteiger partial charge is 0.325 e. The zero-order valence-electron chi connectivity index (χ0n) is 11.3. The summed E-state index contributed by atoms with van der Waals surface area (Å²) in [5, 5.41) is 13.7. The lowest BCUT2D eigenvalue weighted by Crippen LogP contribution is -2.46. The first-order valence-corrected chi connectivity index (χ1v) is 6.02.